The zero-order chi connectivity index (χ0) is 16.8. The average molecular weight is 349 g/mol. The van der Waals surface area contributed by atoms with Gasteiger partial charge in [0, 0.05) is 0 Å². The number of nitrogens with two attached hydrogens (primary N) is 1. The number of benzene rings is 1. The summed E-state index contributed by atoms with van der Waals surface area (Å²) in [5, 5.41) is 10.1. The maximum Gasteiger partial charge on any atom is 0.352 e. The zero-order valence-corrected chi connectivity index (χ0v) is 13.2. The lowest BCUT2D eigenvalue weighted by molar-refractivity contribution is 0.191. The summed E-state index contributed by atoms with van der Waals surface area (Å²) >= 11 is 0. The SMILES string of the molecule is NCCC(O)C1=Cc2ccccc2C1(P(=O)(O)O)P(=O)(O)O. The molecule has 2 rings (SSSR count). The van der Waals surface area contributed by atoms with E-state index >= 15 is 0 Å². The van der Waals surface area contributed by atoms with Crippen LogP contribution in [0.5, 0.6) is 0 Å². The number of aliphatic hydroxyl groups is 1. The fourth-order valence-corrected chi connectivity index (χ4v) is 6.32. The maximum atomic E-state index is 12.1. The van der Waals surface area contributed by atoms with Gasteiger partial charge in [-0.1, -0.05) is 30.3 Å². The molecule has 0 bridgehead atoms. The van der Waals surface area contributed by atoms with Crippen LogP contribution >= 0.6 is 15.2 Å². The Hall–Kier alpha value is -0.820. The van der Waals surface area contributed by atoms with Gasteiger partial charge in [-0.2, -0.15) is 0 Å². The van der Waals surface area contributed by atoms with Gasteiger partial charge in [0.2, 0.25) is 4.90 Å². The molecule has 0 saturated carbocycles. The second-order valence-electron chi connectivity index (χ2n) is 5.04. The van der Waals surface area contributed by atoms with Crippen molar-refractivity contribution < 1.29 is 33.8 Å². The van der Waals surface area contributed by atoms with Gasteiger partial charge in [0.1, 0.15) is 0 Å². The van der Waals surface area contributed by atoms with Crippen LogP contribution in [0.2, 0.25) is 0 Å². The summed E-state index contributed by atoms with van der Waals surface area (Å²) in [7, 11) is -10.7. The summed E-state index contributed by atoms with van der Waals surface area (Å²) in [5.74, 6) is 0. The predicted octanol–water partition coefficient (Wildman–Crippen LogP) is 0.301. The van der Waals surface area contributed by atoms with Gasteiger partial charge in [-0.15, -0.1) is 0 Å². The van der Waals surface area contributed by atoms with Crippen molar-refractivity contribution in [3.63, 3.8) is 0 Å². The number of hydrogen-bond donors (Lipinski definition) is 6. The molecule has 1 atom stereocenters. The Kier molecular flexibility index (Phi) is 4.52. The highest BCUT2D eigenvalue weighted by atomic mass is 31.2. The second-order valence-corrected chi connectivity index (χ2v) is 8.91. The second kappa shape index (κ2) is 5.67. The highest BCUT2D eigenvalue weighted by molar-refractivity contribution is 7.72. The standard InChI is InChI=1S/C12H17NO7P2/c13-6-5-11(14)10-7-8-3-1-2-4-9(8)12(10,21(15,16)17)22(18,19)20/h1-4,7,11,14H,5-6,13H2,(H2,15,16,17)(H2,18,19,20). The van der Waals surface area contributed by atoms with Crippen molar-refractivity contribution in [3.05, 3.63) is 41.0 Å². The number of hydrogen-bond acceptors (Lipinski definition) is 4. The molecule has 0 spiro atoms. The first-order chi connectivity index (χ1) is 10.1. The first-order valence-electron chi connectivity index (χ1n) is 6.38. The summed E-state index contributed by atoms with van der Waals surface area (Å²) in [4.78, 5) is 36.2. The molecule has 0 radical (unpaired) electrons. The minimum absolute atomic E-state index is 0.00670. The van der Waals surface area contributed by atoms with Crippen LogP contribution in [-0.2, 0) is 14.0 Å². The molecule has 1 aromatic rings. The third-order valence-electron chi connectivity index (χ3n) is 3.69. The summed E-state index contributed by atoms with van der Waals surface area (Å²) in [6.45, 7) is -0.00670. The van der Waals surface area contributed by atoms with Crippen molar-refractivity contribution in [2.75, 3.05) is 6.54 Å². The van der Waals surface area contributed by atoms with Gasteiger partial charge >= 0.3 is 15.2 Å². The maximum absolute atomic E-state index is 12.1. The van der Waals surface area contributed by atoms with E-state index in [4.69, 9.17) is 5.73 Å². The first kappa shape index (κ1) is 17.5. The van der Waals surface area contributed by atoms with Crippen molar-refractivity contribution >= 4 is 21.3 Å². The molecular formula is C12H17NO7P2. The minimum atomic E-state index is -5.36. The van der Waals surface area contributed by atoms with E-state index in [0.717, 1.165) is 0 Å². The molecule has 7 N–H and O–H groups in total. The van der Waals surface area contributed by atoms with Gasteiger partial charge in [-0.25, -0.2) is 0 Å². The summed E-state index contributed by atoms with van der Waals surface area (Å²) in [6.07, 6.45) is -0.340. The molecule has 22 heavy (non-hydrogen) atoms. The van der Waals surface area contributed by atoms with Crippen LogP contribution in [0.4, 0.5) is 0 Å². The van der Waals surface area contributed by atoms with Crippen molar-refractivity contribution in [2.24, 2.45) is 5.73 Å². The Morgan fingerprint density at radius 1 is 1.09 bits per heavy atom. The first-order valence-corrected chi connectivity index (χ1v) is 9.61. The van der Waals surface area contributed by atoms with E-state index in [1.54, 1.807) is 6.07 Å². The normalized spacial score (nSPS) is 18.7. The van der Waals surface area contributed by atoms with E-state index in [1.165, 1.54) is 24.3 Å². The highest BCUT2D eigenvalue weighted by Crippen LogP contribution is 2.80. The molecule has 0 aliphatic heterocycles. The van der Waals surface area contributed by atoms with E-state index in [-0.39, 0.29) is 24.1 Å². The Balaban J connectivity index is 2.84. The lowest BCUT2D eigenvalue weighted by atomic mass is 10.0. The van der Waals surface area contributed by atoms with Crippen LogP contribution in [0.25, 0.3) is 6.08 Å². The lowest BCUT2D eigenvalue weighted by Crippen LogP contribution is -2.33. The third kappa shape index (κ3) is 2.42. The fraction of sp³-hybridized carbons (Fsp3) is 0.333. The molecule has 8 nitrogen and oxygen atoms in total. The monoisotopic (exact) mass is 349 g/mol. The zero-order valence-electron chi connectivity index (χ0n) is 11.4. The van der Waals surface area contributed by atoms with Gasteiger partial charge in [-0.3, -0.25) is 9.13 Å². The van der Waals surface area contributed by atoms with Gasteiger partial charge in [0.15, 0.2) is 0 Å². The molecule has 0 aromatic heterocycles. The molecule has 0 amide bonds. The Morgan fingerprint density at radius 3 is 2.14 bits per heavy atom. The van der Waals surface area contributed by atoms with Crippen molar-refractivity contribution in [1.29, 1.82) is 0 Å². The molecule has 0 fully saturated rings. The van der Waals surface area contributed by atoms with Gasteiger partial charge in [0.25, 0.3) is 0 Å². The molecule has 122 valence electrons. The van der Waals surface area contributed by atoms with Gasteiger partial charge in [0.05, 0.1) is 6.10 Å². The molecule has 0 saturated heterocycles. The molecule has 1 aromatic carbocycles. The molecular weight excluding hydrogens is 332 g/mol. The Labute approximate surface area is 126 Å². The van der Waals surface area contributed by atoms with E-state index in [9.17, 15) is 33.8 Å². The van der Waals surface area contributed by atoms with Crippen LogP contribution in [0.3, 0.4) is 0 Å². The third-order valence-corrected chi connectivity index (χ3v) is 7.94. The average Bonchev–Trinajstić information content (AvgIpc) is 2.73. The van der Waals surface area contributed by atoms with Crippen LogP contribution in [0.1, 0.15) is 17.5 Å². The lowest BCUT2D eigenvalue weighted by Gasteiger charge is -2.36. The summed E-state index contributed by atoms with van der Waals surface area (Å²) in [5.41, 5.74) is 4.99. The minimum Gasteiger partial charge on any atom is -0.389 e. The van der Waals surface area contributed by atoms with Crippen LogP contribution in [0, 0.1) is 0 Å². The van der Waals surface area contributed by atoms with Crippen LogP contribution < -0.4 is 5.73 Å². The molecule has 1 aliphatic rings. The number of aliphatic hydroxyl groups excluding tert-OH is 1. The van der Waals surface area contributed by atoms with Crippen molar-refractivity contribution in [3.8, 4) is 0 Å². The number of rotatable bonds is 5. The van der Waals surface area contributed by atoms with E-state index < -0.39 is 31.8 Å². The Morgan fingerprint density at radius 2 is 1.64 bits per heavy atom. The largest absolute Gasteiger partial charge is 0.389 e. The van der Waals surface area contributed by atoms with E-state index in [1.807, 2.05) is 0 Å². The van der Waals surface area contributed by atoms with Gasteiger partial charge < -0.3 is 30.4 Å². The van der Waals surface area contributed by atoms with E-state index in [2.05, 4.69) is 0 Å². The molecule has 1 unspecified atom stereocenters. The summed E-state index contributed by atoms with van der Waals surface area (Å²) < 4.78 is 24.2. The van der Waals surface area contributed by atoms with Gasteiger partial charge in [-0.05, 0) is 29.7 Å². The topological polar surface area (TPSA) is 161 Å². The van der Waals surface area contributed by atoms with Crippen molar-refractivity contribution in [1.82, 2.24) is 0 Å². The molecule has 10 heteroatoms. The van der Waals surface area contributed by atoms with Crippen molar-refractivity contribution in [2.45, 2.75) is 17.4 Å². The van der Waals surface area contributed by atoms with Crippen LogP contribution in [0.15, 0.2) is 29.8 Å². The highest BCUT2D eigenvalue weighted by Gasteiger charge is 2.67. The predicted molar refractivity (Wildman–Crippen MR) is 79.9 cm³/mol. The molecule has 0 heterocycles. The molecule has 1 aliphatic carbocycles. The quantitative estimate of drug-likeness (QED) is 0.414. The smallest absolute Gasteiger partial charge is 0.352 e. The Bertz CT molecular complexity index is 683. The van der Waals surface area contributed by atoms with E-state index in [0.29, 0.717) is 0 Å². The van der Waals surface area contributed by atoms with Crippen LogP contribution in [-0.4, -0.2) is 37.3 Å². The number of fused-ring (bicyclic) bond motifs is 1. The summed E-state index contributed by atoms with van der Waals surface area (Å²) in [6, 6.07) is 5.70. The fourth-order valence-electron chi connectivity index (χ4n) is 2.83.